The summed E-state index contributed by atoms with van der Waals surface area (Å²) < 4.78 is 0. The molecule has 21 heavy (non-hydrogen) atoms. The molecule has 2 saturated heterocycles. The van der Waals surface area contributed by atoms with E-state index in [1.165, 1.54) is 12.8 Å². The maximum atomic E-state index is 11.5. The molecule has 0 aromatic rings. The van der Waals surface area contributed by atoms with Crippen molar-refractivity contribution in [3.8, 4) is 0 Å². The lowest BCUT2D eigenvalue weighted by molar-refractivity contribution is -0.127. The van der Waals surface area contributed by atoms with E-state index < -0.39 is 0 Å². The molecular formula is C16H31N3O2. The second-order valence-electron chi connectivity index (χ2n) is 6.64. The lowest BCUT2D eigenvalue weighted by Crippen LogP contribution is -2.40. The van der Waals surface area contributed by atoms with Crippen LogP contribution in [0.25, 0.3) is 0 Å². The van der Waals surface area contributed by atoms with Gasteiger partial charge in [0.25, 0.3) is 0 Å². The second kappa shape index (κ2) is 8.71. The van der Waals surface area contributed by atoms with Crippen LogP contribution in [0.5, 0.6) is 0 Å². The van der Waals surface area contributed by atoms with Crippen LogP contribution in [-0.4, -0.2) is 72.7 Å². The summed E-state index contributed by atoms with van der Waals surface area (Å²) in [4.78, 5) is 15.8. The Morgan fingerprint density at radius 2 is 2.10 bits per heavy atom. The number of nitrogens with one attached hydrogen (secondary N) is 1. The Hall–Kier alpha value is -0.650. The van der Waals surface area contributed by atoms with Crippen molar-refractivity contribution < 1.29 is 9.90 Å². The molecule has 2 aliphatic heterocycles. The molecule has 0 unspecified atom stereocenters. The number of β-amino-alcohol motifs (C(OH)–C–C–N with tert-alkyl or cyclic N) is 1. The van der Waals surface area contributed by atoms with E-state index in [9.17, 15) is 9.90 Å². The monoisotopic (exact) mass is 297 g/mol. The highest BCUT2D eigenvalue weighted by molar-refractivity contribution is 5.77. The highest BCUT2D eigenvalue weighted by Crippen LogP contribution is 2.16. The molecule has 2 aliphatic rings. The van der Waals surface area contributed by atoms with Crippen LogP contribution in [0.15, 0.2) is 0 Å². The van der Waals surface area contributed by atoms with Gasteiger partial charge in [-0.3, -0.25) is 4.79 Å². The largest absolute Gasteiger partial charge is 0.392 e. The molecule has 0 aromatic heterocycles. The molecule has 0 bridgehead atoms. The van der Waals surface area contributed by atoms with Crippen molar-refractivity contribution in [1.29, 1.82) is 0 Å². The number of likely N-dealkylation sites (tertiary alicyclic amines) is 2. The van der Waals surface area contributed by atoms with Gasteiger partial charge < -0.3 is 20.2 Å². The summed E-state index contributed by atoms with van der Waals surface area (Å²) in [7, 11) is 0. The van der Waals surface area contributed by atoms with Crippen molar-refractivity contribution in [3.63, 3.8) is 0 Å². The van der Waals surface area contributed by atoms with Gasteiger partial charge in [-0.15, -0.1) is 0 Å². The van der Waals surface area contributed by atoms with Gasteiger partial charge in [0.2, 0.25) is 5.91 Å². The van der Waals surface area contributed by atoms with E-state index in [0.717, 1.165) is 71.0 Å². The number of piperidine rings is 1. The van der Waals surface area contributed by atoms with Gasteiger partial charge in [-0.2, -0.15) is 0 Å². The first-order valence-electron chi connectivity index (χ1n) is 8.54. The van der Waals surface area contributed by atoms with E-state index in [-0.39, 0.29) is 6.10 Å². The number of hydrogen-bond acceptors (Lipinski definition) is 4. The van der Waals surface area contributed by atoms with Crippen molar-refractivity contribution in [2.24, 2.45) is 5.92 Å². The molecule has 2 rings (SSSR count). The summed E-state index contributed by atoms with van der Waals surface area (Å²) in [5, 5.41) is 12.9. The molecule has 1 amide bonds. The Balaban J connectivity index is 1.47. The average Bonchev–Trinajstić information content (AvgIpc) is 2.85. The van der Waals surface area contributed by atoms with Crippen molar-refractivity contribution >= 4 is 5.91 Å². The first-order chi connectivity index (χ1) is 10.1. The minimum Gasteiger partial charge on any atom is -0.392 e. The topological polar surface area (TPSA) is 55.8 Å². The van der Waals surface area contributed by atoms with Gasteiger partial charge in [0.1, 0.15) is 0 Å². The predicted molar refractivity (Wildman–Crippen MR) is 84.1 cm³/mol. The minimum absolute atomic E-state index is 0.215. The zero-order valence-electron chi connectivity index (χ0n) is 13.4. The Labute approximate surface area is 128 Å². The van der Waals surface area contributed by atoms with Crippen molar-refractivity contribution in [1.82, 2.24) is 15.1 Å². The Kier molecular flexibility index (Phi) is 6.93. The number of aliphatic hydroxyl groups is 1. The molecule has 122 valence electrons. The van der Waals surface area contributed by atoms with Crippen molar-refractivity contribution in [3.05, 3.63) is 0 Å². The van der Waals surface area contributed by atoms with Crippen LogP contribution in [-0.2, 0) is 4.79 Å². The third kappa shape index (κ3) is 5.93. The fourth-order valence-electron chi connectivity index (χ4n) is 3.39. The normalized spacial score (nSPS) is 23.0. The molecule has 1 atom stereocenters. The molecule has 5 nitrogen and oxygen atoms in total. The molecule has 5 heteroatoms. The molecule has 0 spiro atoms. The molecular weight excluding hydrogens is 266 g/mol. The van der Waals surface area contributed by atoms with E-state index in [4.69, 9.17) is 0 Å². The van der Waals surface area contributed by atoms with Gasteiger partial charge in [0, 0.05) is 26.1 Å². The summed E-state index contributed by atoms with van der Waals surface area (Å²) in [5.41, 5.74) is 0. The average molecular weight is 297 g/mol. The standard InChI is InChI=1S/C16H31N3O2/c1-14(20)13-18-10-5-15(6-11-18)12-17-7-3-9-19-8-2-4-16(19)21/h14-15,17,20H,2-13H2,1H3/t14-/m0/s1. The number of nitrogens with zero attached hydrogens (tertiary/aromatic N) is 2. The highest BCUT2D eigenvalue weighted by atomic mass is 16.3. The third-order valence-corrected chi connectivity index (χ3v) is 4.62. The van der Waals surface area contributed by atoms with Gasteiger partial charge in [-0.25, -0.2) is 0 Å². The minimum atomic E-state index is -0.215. The fourth-order valence-corrected chi connectivity index (χ4v) is 3.39. The molecule has 0 aliphatic carbocycles. The predicted octanol–water partition coefficient (Wildman–Crippen LogP) is 0.681. The quantitative estimate of drug-likeness (QED) is 0.647. The van der Waals surface area contributed by atoms with Crippen LogP contribution >= 0.6 is 0 Å². The van der Waals surface area contributed by atoms with E-state index in [0.29, 0.717) is 5.91 Å². The number of amides is 1. The number of rotatable bonds is 8. The zero-order chi connectivity index (χ0) is 15.1. The van der Waals surface area contributed by atoms with E-state index in [2.05, 4.69) is 10.2 Å². The van der Waals surface area contributed by atoms with Crippen LogP contribution in [0.2, 0.25) is 0 Å². The van der Waals surface area contributed by atoms with Crippen molar-refractivity contribution in [2.75, 3.05) is 45.8 Å². The van der Waals surface area contributed by atoms with Gasteiger partial charge in [0.15, 0.2) is 0 Å². The number of carbonyl (C=O) groups excluding carboxylic acids is 1. The second-order valence-corrected chi connectivity index (χ2v) is 6.64. The molecule has 0 radical (unpaired) electrons. The SMILES string of the molecule is C[C@H](O)CN1CCC(CNCCCN2CCCC2=O)CC1. The molecule has 0 saturated carbocycles. The number of hydrogen-bond donors (Lipinski definition) is 2. The smallest absolute Gasteiger partial charge is 0.222 e. The summed E-state index contributed by atoms with van der Waals surface area (Å²) in [6.45, 7) is 8.87. The summed E-state index contributed by atoms with van der Waals surface area (Å²) in [6, 6.07) is 0. The van der Waals surface area contributed by atoms with E-state index in [1.807, 2.05) is 11.8 Å². The Morgan fingerprint density at radius 1 is 1.33 bits per heavy atom. The lowest BCUT2D eigenvalue weighted by atomic mass is 9.96. The summed E-state index contributed by atoms with van der Waals surface area (Å²) in [5.74, 6) is 1.10. The molecule has 0 aromatic carbocycles. The van der Waals surface area contributed by atoms with Crippen LogP contribution in [0.1, 0.15) is 39.0 Å². The summed E-state index contributed by atoms with van der Waals surface area (Å²) in [6.07, 6.45) is 5.09. The first-order valence-corrected chi connectivity index (χ1v) is 8.54. The van der Waals surface area contributed by atoms with Gasteiger partial charge >= 0.3 is 0 Å². The van der Waals surface area contributed by atoms with Crippen LogP contribution in [0, 0.1) is 5.92 Å². The van der Waals surface area contributed by atoms with Crippen LogP contribution < -0.4 is 5.32 Å². The number of carbonyl (C=O) groups is 1. The van der Waals surface area contributed by atoms with Crippen molar-refractivity contribution in [2.45, 2.75) is 45.1 Å². The van der Waals surface area contributed by atoms with Gasteiger partial charge in [-0.05, 0) is 64.7 Å². The van der Waals surface area contributed by atoms with E-state index >= 15 is 0 Å². The lowest BCUT2D eigenvalue weighted by Gasteiger charge is -2.32. The molecule has 2 fully saturated rings. The Bertz CT molecular complexity index is 315. The highest BCUT2D eigenvalue weighted by Gasteiger charge is 2.20. The van der Waals surface area contributed by atoms with Crippen LogP contribution in [0.4, 0.5) is 0 Å². The molecule has 2 heterocycles. The number of aliphatic hydroxyl groups excluding tert-OH is 1. The van der Waals surface area contributed by atoms with E-state index in [1.54, 1.807) is 0 Å². The zero-order valence-corrected chi connectivity index (χ0v) is 13.4. The first kappa shape index (κ1) is 16.7. The molecule has 2 N–H and O–H groups in total. The summed E-state index contributed by atoms with van der Waals surface area (Å²) >= 11 is 0. The van der Waals surface area contributed by atoms with Gasteiger partial charge in [-0.1, -0.05) is 0 Å². The maximum Gasteiger partial charge on any atom is 0.222 e. The van der Waals surface area contributed by atoms with Gasteiger partial charge in [0.05, 0.1) is 6.10 Å². The van der Waals surface area contributed by atoms with Crippen LogP contribution in [0.3, 0.4) is 0 Å². The fraction of sp³-hybridized carbons (Fsp3) is 0.938. The maximum absolute atomic E-state index is 11.5. The Morgan fingerprint density at radius 3 is 2.71 bits per heavy atom. The third-order valence-electron chi connectivity index (χ3n) is 4.62.